The van der Waals surface area contributed by atoms with Crippen molar-refractivity contribution in [2.24, 2.45) is 0 Å². The van der Waals surface area contributed by atoms with Crippen molar-refractivity contribution in [1.29, 1.82) is 0 Å². The van der Waals surface area contributed by atoms with Crippen molar-refractivity contribution in [1.82, 2.24) is 73.3 Å². The average Bonchev–Trinajstić information content (AvgIpc) is 1.68. The molecule has 3 fully saturated rings. The summed E-state index contributed by atoms with van der Waals surface area (Å²) in [5.41, 5.74) is -3.71. The first kappa shape index (κ1) is 91.2. The van der Waals surface area contributed by atoms with Crippen molar-refractivity contribution < 1.29 is 78.7 Å². The molecule has 5 unspecified atom stereocenters. The number of pyridine rings is 6. The maximum absolute atomic E-state index is 16.8. The number of carbonyl (C=O) groups excluding carboxylic acids is 4. The number of carbonyl (C=O) groups is 4. The minimum atomic E-state index is -1.57. The van der Waals surface area contributed by atoms with Gasteiger partial charge in [0, 0.05) is 83.5 Å². The first-order chi connectivity index (χ1) is 63.2. The molecule has 3 saturated heterocycles. The molecule has 12 aromatic rings. The molecule has 5 atom stereocenters. The minimum absolute atomic E-state index is 0.0259. The Labute approximate surface area is 751 Å². The van der Waals surface area contributed by atoms with Gasteiger partial charge in [-0.3, -0.25) is 34.1 Å². The maximum Gasteiger partial charge on any atom is 0.355 e. The molecular weight excluding hydrogens is 1740 g/mol. The molecule has 0 bridgehead atoms. The number of nitrogens with zero attached hydrogens (tertiary/aromatic N) is 19. The van der Waals surface area contributed by atoms with Crippen molar-refractivity contribution in [3.05, 3.63) is 229 Å². The second kappa shape index (κ2) is 34.9. The number of anilines is 5. The van der Waals surface area contributed by atoms with Crippen molar-refractivity contribution >= 4 is 85.6 Å². The van der Waals surface area contributed by atoms with E-state index in [9.17, 15) is 62.1 Å². The van der Waals surface area contributed by atoms with E-state index in [1.807, 2.05) is 60.3 Å². The number of fused-ring (bicyclic) bond motifs is 6. The fourth-order valence-electron chi connectivity index (χ4n) is 18.4. The third-order valence-corrected chi connectivity index (χ3v) is 24.5. The van der Waals surface area contributed by atoms with E-state index < -0.39 is 168 Å². The molecule has 133 heavy (non-hydrogen) atoms. The number of aromatic nitrogens is 12. The van der Waals surface area contributed by atoms with E-state index in [0.717, 1.165) is 39.8 Å². The number of halogens is 9. The monoisotopic (exact) mass is 1830 g/mol. The highest BCUT2D eigenvalue weighted by Crippen LogP contribution is 2.50. The first-order valence-corrected chi connectivity index (χ1v) is 42.3. The molecule has 40 heteroatoms. The van der Waals surface area contributed by atoms with Crippen molar-refractivity contribution in [2.75, 3.05) is 90.9 Å². The van der Waals surface area contributed by atoms with Gasteiger partial charge in [-0.05, 0) is 142 Å². The van der Waals surface area contributed by atoms with Crippen LogP contribution in [0.3, 0.4) is 0 Å². The molecule has 6 aliphatic rings. The van der Waals surface area contributed by atoms with E-state index in [1.165, 1.54) is 38.1 Å². The normalized spacial score (nSPS) is 17.3. The lowest BCUT2D eigenvalue weighted by molar-refractivity contribution is -0.129. The number of amides is 4. The largest absolute Gasteiger partial charge is 0.507 e. The van der Waals surface area contributed by atoms with Crippen LogP contribution in [-0.2, 0) is 19.2 Å². The number of phenolic OH excluding ortho intramolecular Hbond substituents is 3. The average molecular weight is 1830 g/mol. The van der Waals surface area contributed by atoms with Gasteiger partial charge in [0.05, 0.1) is 91.6 Å². The summed E-state index contributed by atoms with van der Waals surface area (Å²) in [5, 5.41) is 35.0. The molecule has 15 heterocycles. The van der Waals surface area contributed by atoms with Crippen LogP contribution < -0.4 is 46.7 Å². The van der Waals surface area contributed by atoms with Gasteiger partial charge in [-0.25, -0.2) is 82.6 Å². The zero-order valence-corrected chi connectivity index (χ0v) is 73.8. The third kappa shape index (κ3) is 15.2. The highest BCUT2D eigenvalue weighted by atomic mass is 19.2. The Morgan fingerprint density at radius 2 is 0.842 bits per heavy atom. The molecule has 31 nitrogen and oxygen atoms in total. The zero-order chi connectivity index (χ0) is 95.7. The predicted molar refractivity (Wildman–Crippen MR) is 477 cm³/mol. The molecule has 3 aromatic carbocycles. The predicted octanol–water partition coefficient (Wildman–Crippen LogP) is 12.4. The van der Waals surface area contributed by atoms with E-state index in [1.54, 1.807) is 72.3 Å². The number of likely N-dealkylation sites (N-methyl/N-ethyl adjacent to an activating group) is 1. The van der Waals surface area contributed by atoms with Crippen LogP contribution in [0.1, 0.15) is 107 Å². The van der Waals surface area contributed by atoms with E-state index in [4.69, 9.17) is 4.74 Å². The molecule has 9 aromatic heterocycles. The Kier molecular flexibility index (Phi) is 24.0. The summed E-state index contributed by atoms with van der Waals surface area (Å²) in [4.78, 5) is 145. The van der Waals surface area contributed by atoms with Gasteiger partial charge in [-0.15, -0.1) is 0 Å². The standard InChI is InChI=1S/C31H28F3N7O4.C31H30F3N7O3.C31H29F3N6O4/c1-6-19(43)39-11-12-40-17(13-39)30(44)38(5)27-21-28(40)37-31(45)41(26-15(4)9-10-35-24(26)14(2)3)29(21)36-25(23(27)34)20-18(42)8-7-16(32)22(20)33;1-6-20(43)39-12-16(5)40-17(13-39)11-36-26-22-29(37-27(24(26)34)21-19(42)8-7-18(32)23(21)33)41(31(44)38-30(22)40)28-15(4)9-10-35-25(28)14(2)3;1-6-20(42)38-11-16(5)39-17(12-38)13-44-28-22-29(36-26(24(28)34)21-19(41)8-7-18(32)23(21)33)40(31(43)37-30(22)39)27-15(4)9-10-35-25(27)14(2)3/h6-10,14,17,42H,1,11-13H2,2-5H3;6-10,14,16-17,36,42H,1,11-13H2,2-5H3;6-10,14,16-17,41H,1,11-13H2,2-5H3. The number of hydrogen-bond donors (Lipinski definition) is 4. The Morgan fingerprint density at radius 1 is 0.459 bits per heavy atom. The lowest BCUT2D eigenvalue weighted by Gasteiger charge is -2.45. The lowest BCUT2D eigenvalue weighted by atomic mass is 10.0. The van der Waals surface area contributed by atoms with Crippen LogP contribution >= 0.6 is 0 Å². The van der Waals surface area contributed by atoms with E-state index in [0.29, 0.717) is 69.5 Å². The second-order valence-corrected chi connectivity index (χ2v) is 33.9. The highest BCUT2D eigenvalue weighted by molar-refractivity contribution is 6.13. The van der Waals surface area contributed by atoms with E-state index in [2.05, 4.69) is 69.9 Å². The molecule has 4 N–H and O–H groups in total. The van der Waals surface area contributed by atoms with Crippen molar-refractivity contribution in [3.8, 4) is 73.8 Å². The molecule has 4 amide bonds. The summed E-state index contributed by atoms with van der Waals surface area (Å²) < 4.78 is 148. The minimum Gasteiger partial charge on any atom is -0.507 e. The Bertz CT molecular complexity index is 6920. The fraction of sp³-hybridized carbons (Fsp3) is 0.312. The van der Waals surface area contributed by atoms with Crippen molar-refractivity contribution in [2.45, 2.75) is 124 Å². The summed E-state index contributed by atoms with van der Waals surface area (Å²) in [6.45, 7) is 31.9. The van der Waals surface area contributed by atoms with Gasteiger partial charge in [-0.1, -0.05) is 61.3 Å². The van der Waals surface area contributed by atoms with Crippen LogP contribution in [0.4, 0.5) is 68.3 Å². The topological polar surface area (TPSA) is 355 Å². The van der Waals surface area contributed by atoms with Crippen LogP contribution in [-0.4, -0.2) is 208 Å². The molecular formula is C93H87F9N20O11. The molecule has 0 saturated carbocycles. The molecule has 0 spiro atoms. The number of nitrogens with one attached hydrogen (secondary N) is 1. The third-order valence-electron chi connectivity index (χ3n) is 24.5. The van der Waals surface area contributed by atoms with Gasteiger partial charge in [-0.2, -0.15) is 15.0 Å². The van der Waals surface area contributed by atoms with Crippen LogP contribution in [0.2, 0.25) is 0 Å². The number of rotatable bonds is 12. The number of phenols is 3. The Morgan fingerprint density at radius 3 is 1.28 bits per heavy atom. The number of piperazine rings is 3. The van der Waals surface area contributed by atoms with Gasteiger partial charge >= 0.3 is 17.1 Å². The highest BCUT2D eigenvalue weighted by Gasteiger charge is 2.47. The Balaban J connectivity index is 0.000000145. The van der Waals surface area contributed by atoms with Gasteiger partial charge in [0.15, 0.2) is 75.0 Å². The summed E-state index contributed by atoms with van der Waals surface area (Å²) in [7, 11) is 1.29. The second-order valence-electron chi connectivity index (χ2n) is 33.9. The number of hydrogen-bond acceptors (Lipinski definition) is 24. The van der Waals surface area contributed by atoms with Crippen LogP contribution in [0.25, 0.3) is 83.9 Å². The maximum atomic E-state index is 16.8. The molecule has 6 aliphatic heterocycles. The first-order valence-electron chi connectivity index (χ1n) is 42.3. The van der Waals surface area contributed by atoms with E-state index in [-0.39, 0.29) is 144 Å². The SMILES string of the molecule is C=CC(=O)N1CC(C)N2c3nc(=O)n(-c4c(C)ccnc4C(C)C)c4nc(-c5c(O)ccc(F)c5F)c(F)c(c34)NCC2C1.C=CC(=O)N1CC(C)N2c3nc(=O)n(-c4c(C)ccnc4C(C)C)c4nc(-c5c(O)ccc(F)c5F)c(F)c(c34)OCC2C1.C=CC(=O)N1CCN2c3nc(=O)n(-c4c(C)ccnc4C(C)C)c4nc(-c5c(O)ccc(F)c5F)c(F)c(c34)N(C)C(=O)C2C1. The lowest BCUT2D eigenvalue weighted by Crippen LogP contribution is -2.61. The van der Waals surface area contributed by atoms with Gasteiger partial charge in [0.2, 0.25) is 17.7 Å². The molecule has 0 radical (unpaired) electrons. The van der Waals surface area contributed by atoms with Crippen LogP contribution in [0, 0.1) is 73.1 Å². The van der Waals surface area contributed by atoms with Crippen molar-refractivity contribution in [3.63, 3.8) is 0 Å². The van der Waals surface area contributed by atoms with Gasteiger partial charge in [0.25, 0.3) is 5.91 Å². The number of ether oxygens (including phenoxy) is 1. The molecule has 18 rings (SSSR count). The Hall–Kier alpha value is -15.2. The fourth-order valence-corrected chi connectivity index (χ4v) is 18.4. The smallest absolute Gasteiger partial charge is 0.355 e. The van der Waals surface area contributed by atoms with E-state index >= 15 is 26.3 Å². The summed E-state index contributed by atoms with van der Waals surface area (Å²) >= 11 is 0. The number of benzene rings is 3. The summed E-state index contributed by atoms with van der Waals surface area (Å²) in [5.74, 6) is -16.8. The molecule has 688 valence electrons. The number of aryl methyl sites for hydroxylation is 3. The zero-order valence-electron chi connectivity index (χ0n) is 73.8. The van der Waals surface area contributed by atoms with Gasteiger partial charge in [0.1, 0.15) is 69.8 Å². The van der Waals surface area contributed by atoms with Crippen LogP contribution in [0.15, 0.2) is 126 Å². The van der Waals surface area contributed by atoms with Gasteiger partial charge < -0.3 is 59.7 Å². The van der Waals surface area contributed by atoms with Crippen LogP contribution in [0.5, 0.6) is 23.0 Å². The quantitative estimate of drug-likeness (QED) is 0.0652. The molecule has 0 aliphatic carbocycles. The summed E-state index contributed by atoms with van der Waals surface area (Å²) in [6, 6.07) is 6.99. The summed E-state index contributed by atoms with van der Waals surface area (Å²) in [6.07, 6.45) is 8.32. The number of aromatic hydroxyl groups is 3.